The Morgan fingerprint density at radius 2 is 1.90 bits per heavy atom. The van der Waals surface area contributed by atoms with E-state index in [0.717, 1.165) is 10.9 Å². The lowest BCUT2D eigenvalue weighted by molar-refractivity contribution is -0.139. The lowest BCUT2D eigenvalue weighted by atomic mass is 10.1. The van der Waals surface area contributed by atoms with Gasteiger partial charge in [0.1, 0.15) is 12.4 Å². The first-order valence-electron chi connectivity index (χ1n) is 6.67. The molecule has 0 aliphatic carbocycles. The molecule has 0 radical (unpaired) electrons. The SMILES string of the molecule is O=C(C=Cc1ccc2ccccc2c1)OCc1ccco1. The molecular weight excluding hydrogens is 264 g/mol. The molecule has 2 aromatic carbocycles. The quantitative estimate of drug-likeness (QED) is 0.530. The topological polar surface area (TPSA) is 39.4 Å². The van der Waals surface area contributed by atoms with Crippen LogP contribution in [0.15, 0.2) is 71.4 Å². The molecule has 3 heteroatoms. The van der Waals surface area contributed by atoms with Gasteiger partial charge in [0.05, 0.1) is 6.26 Å². The van der Waals surface area contributed by atoms with Gasteiger partial charge in [0.15, 0.2) is 0 Å². The van der Waals surface area contributed by atoms with E-state index in [0.29, 0.717) is 5.76 Å². The van der Waals surface area contributed by atoms with E-state index in [4.69, 9.17) is 9.15 Å². The van der Waals surface area contributed by atoms with Crippen LogP contribution in [0.1, 0.15) is 11.3 Å². The summed E-state index contributed by atoms with van der Waals surface area (Å²) in [4.78, 5) is 11.6. The van der Waals surface area contributed by atoms with Crippen LogP contribution in [0.25, 0.3) is 16.8 Å². The van der Waals surface area contributed by atoms with E-state index >= 15 is 0 Å². The van der Waals surface area contributed by atoms with Crippen LogP contribution in [0.5, 0.6) is 0 Å². The van der Waals surface area contributed by atoms with Crippen molar-refractivity contribution in [3.63, 3.8) is 0 Å². The summed E-state index contributed by atoms with van der Waals surface area (Å²) in [6, 6.07) is 17.7. The fourth-order valence-electron chi connectivity index (χ4n) is 2.06. The molecule has 0 saturated heterocycles. The van der Waals surface area contributed by atoms with Crippen LogP contribution >= 0.6 is 0 Å². The number of esters is 1. The number of furan rings is 1. The molecule has 3 rings (SSSR count). The van der Waals surface area contributed by atoms with E-state index < -0.39 is 0 Å². The normalized spacial score (nSPS) is 11.0. The molecule has 0 bridgehead atoms. The van der Waals surface area contributed by atoms with Crippen molar-refractivity contribution < 1.29 is 13.9 Å². The number of benzene rings is 2. The van der Waals surface area contributed by atoms with Crippen molar-refractivity contribution in [3.8, 4) is 0 Å². The lowest BCUT2D eigenvalue weighted by Crippen LogP contribution is -1.99. The molecule has 0 saturated carbocycles. The van der Waals surface area contributed by atoms with Gasteiger partial charge in [-0.15, -0.1) is 0 Å². The highest BCUT2D eigenvalue weighted by molar-refractivity contribution is 5.89. The van der Waals surface area contributed by atoms with Crippen molar-refractivity contribution in [2.45, 2.75) is 6.61 Å². The summed E-state index contributed by atoms with van der Waals surface area (Å²) in [5, 5.41) is 2.32. The van der Waals surface area contributed by atoms with Crippen molar-refractivity contribution in [2.24, 2.45) is 0 Å². The third-order valence-electron chi connectivity index (χ3n) is 3.12. The third-order valence-corrected chi connectivity index (χ3v) is 3.12. The van der Waals surface area contributed by atoms with E-state index in [1.807, 2.05) is 36.4 Å². The van der Waals surface area contributed by atoms with Crippen LogP contribution in [0, 0.1) is 0 Å². The number of carbonyl (C=O) groups excluding carboxylic acids is 1. The van der Waals surface area contributed by atoms with E-state index in [1.54, 1.807) is 24.5 Å². The molecule has 0 spiro atoms. The first-order valence-corrected chi connectivity index (χ1v) is 6.67. The number of hydrogen-bond acceptors (Lipinski definition) is 3. The highest BCUT2D eigenvalue weighted by atomic mass is 16.5. The molecule has 0 aliphatic rings. The van der Waals surface area contributed by atoms with Crippen LogP contribution < -0.4 is 0 Å². The van der Waals surface area contributed by atoms with Gasteiger partial charge in [0.2, 0.25) is 0 Å². The second-order valence-corrected chi connectivity index (χ2v) is 4.63. The number of hydrogen-bond donors (Lipinski definition) is 0. The van der Waals surface area contributed by atoms with E-state index in [9.17, 15) is 4.79 Å². The zero-order chi connectivity index (χ0) is 14.5. The van der Waals surface area contributed by atoms with Crippen LogP contribution in [-0.4, -0.2) is 5.97 Å². The number of ether oxygens (including phenoxy) is 1. The van der Waals surface area contributed by atoms with E-state index in [2.05, 4.69) is 6.07 Å². The minimum atomic E-state index is -0.389. The molecule has 3 nitrogen and oxygen atoms in total. The zero-order valence-corrected chi connectivity index (χ0v) is 11.4. The van der Waals surface area contributed by atoms with Crippen LogP contribution in [0.4, 0.5) is 0 Å². The van der Waals surface area contributed by atoms with E-state index in [-0.39, 0.29) is 12.6 Å². The molecule has 1 heterocycles. The summed E-state index contributed by atoms with van der Waals surface area (Å²) in [6.45, 7) is 0.147. The van der Waals surface area contributed by atoms with Gasteiger partial charge < -0.3 is 9.15 Å². The van der Waals surface area contributed by atoms with Gasteiger partial charge in [-0.2, -0.15) is 0 Å². The zero-order valence-electron chi connectivity index (χ0n) is 11.4. The van der Waals surface area contributed by atoms with Gasteiger partial charge in [0.25, 0.3) is 0 Å². The maximum absolute atomic E-state index is 11.6. The summed E-state index contributed by atoms with van der Waals surface area (Å²) in [5.74, 6) is 0.238. The summed E-state index contributed by atoms with van der Waals surface area (Å²) in [7, 11) is 0. The Labute approximate surface area is 122 Å². The van der Waals surface area contributed by atoms with Crippen molar-refractivity contribution in [3.05, 3.63) is 78.3 Å². The minimum absolute atomic E-state index is 0.147. The maximum atomic E-state index is 11.6. The first-order chi connectivity index (χ1) is 10.3. The predicted octanol–water partition coefficient (Wildman–Crippen LogP) is 4.19. The van der Waals surface area contributed by atoms with Crippen molar-refractivity contribution in [1.82, 2.24) is 0 Å². The first kappa shape index (κ1) is 13.2. The second-order valence-electron chi connectivity index (χ2n) is 4.63. The summed E-state index contributed by atoms with van der Waals surface area (Å²) >= 11 is 0. The average Bonchev–Trinajstić information content (AvgIpc) is 3.04. The highest BCUT2D eigenvalue weighted by Gasteiger charge is 2.00. The van der Waals surface area contributed by atoms with Gasteiger partial charge >= 0.3 is 5.97 Å². The number of carbonyl (C=O) groups is 1. The Morgan fingerprint density at radius 1 is 1.05 bits per heavy atom. The summed E-state index contributed by atoms with van der Waals surface area (Å²) in [6.07, 6.45) is 4.72. The fourth-order valence-corrected chi connectivity index (χ4v) is 2.06. The largest absolute Gasteiger partial charge is 0.466 e. The Kier molecular flexibility index (Phi) is 3.83. The van der Waals surface area contributed by atoms with Crippen LogP contribution in [-0.2, 0) is 16.1 Å². The van der Waals surface area contributed by atoms with Crippen LogP contribution in [0.3, 0.4) is 0 Å². The summed E-state index contributed by atoms with van der Waals surface area (Å²) < 4.78 is 10.2. The standard InChI is InChI=1S/C18H14O3/c19-18(21-13-17-6-3-11-20-17)10-8-14-7-9-15-4-1-2-5-16(15)12-14/h1-12H,13H2. The molecule has 0 fully saturated rings. The van der Waals surface area contributed by atoms with Gasteiger partial charge in [-0.1, -0.05) is 36.4 Å². The smallest absolute Gasteiger partial charge is 0.331 e. The maximum Gasteiger partial charge on any atom is 0.331 e. The van der Waals surface area contributed by atoms with Crippen molar-refractivity contribution >= 4 is 22.8 Å². The average molecular weight is 278 g/mol. The van der Waals surface area contributed by atoms with Crippen molar-refractivity contribution in [1.29, 1.82) is 0 Å². The molecule has 104 valence electrons. The molecule has 0 amide bonds. The molecule has 3 aromatic rings. The van der Waals surface area contributed by atoms with Gasteiger partial charge in [-0.3, -0.25) is 0 Å². The molecule has 1 aromatic heterocycles. The van der Waals surface area contributed by atoms with Gasteiger partial charge in [-0.25, -0.2) is 4.79 Å². The van der Waals surface area contributed by atoms with Crippen LogP contribution in [0.2, 0.25) is 0 Å². The molecular formula is C18H14O3. The Hall–Kier alpha value is -2.81. The fraction of sp³-hybridized carbons (Fsp3) is 0.0556. The molecule has 0 N–H and O–H groups in total. The lowest BCUT2D eigenvalue weighted by Gasteiger charge is -2.00. The molecule has 0 atom stereocenters. The second kappa shape index (κ2) is 6.09. The minimum Gasteiger partial charge on any atom is -0.466 e. The number of rotatable bonds is 4. The Morgan fingerprint density at radius 3 is 2.71 bits per heavy atom. The highest BCUT2D eigenvalue weighted by Crippen LogP contribution is 2.16. The summed E-state index contributed by atoms with van der Waals surface area (Å²) in [5.41, 5.74) is 0.962. The van der Waals surface area contributed by atoms with Crippen molar-refractivity contribution in [2.75, 3.05) is 0 Å². The van der Waals surface area contributed by atoms with Gasteiger partial charge in [-0.05, 0) is 40.6 Å². The third kappa shape index (κ3) is 3.39. The molecule has 0 unspecified atom stereocenters. The monoisotopic (exact) mass is 278 g/mol. The van der Waals surface area contributed by atoms with Gasteiger partial charge in [0, 0.05) is 6.08 Å². The molecule has 0 aliphatic heterocycles. The Bertz CT molecular complexity index is 770. The van der Waals surface area contributed by atoms with E-state index in [1.165, 1.54) is 11.5 Å². The molecule has 21 heavy (non-hydrogen) atoms. The Balaban J connectivity index is 1.65. The number of fused-ring (bicyclic) bond motifs is 1. The predicted molar refractivity (Wildman–Crippen MR) is 81.5 cm³/mol.